The van der Waals surface area contributed by atoms with E-state index in [2.05, 4.69) is 10.2 Å². The largest absolute Gasteiger partial charge is 0.395 e. The Hall–Kier alpha value is -1.47. The third-order valence-corrected chi connectivity index (χ3v) is 6.53. The summed E-state index contributed by atoms with van der Waals surface area (Å²) in [5.41, 5.74) is -0.670. The number of likely N-dealkylation sites (tertiary alicyclic amines) is 2. The fraction of sp³-hybridized carbons (Fsp3) is 0.650. The van der Waals surface area contributed by atoms with Gasteiger partial charge in [-0.05, 0) is 37.9 Å². The van der Waals surface area contributed by atoms with Crippen LogP contribution in [0.1, 0.15) is 24.8 Å². The molecule has 3 saturated heterocycles. The Morgan fingerprint density at radius 3 is 2.42 bits per heavy atom. The molecule has 3 fully saturated rings. The van der Waals surface area contributed by atoms with Crippen LogP contribution in [0.2, 0.25) is 0 Å². The Morgan fingerprint density at radius 2 is 1.85 bits per heavy atom. The van der Waals surface area contributed by atoms with Gasteiger partial charge in [0.05, 0.1) is 18.1 Å². The quantitative estimate of drug-likeness (QED) is 0.714. The van der Waals surface area contributed by atoms with Crippen molar-refractivity contribution in [2.24, 2.45) is 5.41 Å². The summed E-state index contributed by atoms with van der Waals surface area (Å²) in [7, 11) is 0. The van der Waals surface area contributed by atoms with Crippen LogP contribution in [0.3, 0.4) is 0 Å². The molecule has 4 rings (SSSR count). The van der Waals surface area contributed by atoms with Crippen molar-refractivity contribution in [3.05, 3.63) is 35.9 Å². The second-order valence-corrected chi connectivity index (χ2v) is 8.09. The van der Waals surface area contributed by atoms with E-state index in [9.17, 15) is 15.0 Å². The number of hydrogen-bond acceptors (Lipinski definition) is 5. The van der Waals surface area contributed by atoms with E-state index in [1.165, 1.54) is 0 Å². The second kappa shape index (κ2) is 6.93. The fourth-order valence-electron chi connectivity index (χ4n) is 4.73. The predicted octanol–water partition coefficient (Wildman–Crippen LogP) is 0.153. The molecule has 1 aromatic rings. The topological polar surface area (TPSA) is 76.0 Å². The molecule has 1 aromatic carbocycles. The van der Waals surface area contributed by atoms with Crippen molar-refractivity contribution in [2.45, 2.75) is 30.9 Å². The first-order valence-electron chi connectivity index (χ1n) is 9.72. The van der Waals surface area contributed by atoms with Gasteiger partial charge in [0.1, 0.15) is 5.60 Å². The maximum Gasteiger partial charge on any atom is 0.233 e. The van der Waals surface area contributed by atoms with Gasteiger partial charge in [0, 0.05) is 26.2 Å². The Labute approximate surface area is 154 Å². The summed E-state index contributed by atoms with van der Waals surface area (Å²) in [6.45, 7) is 3.93. The number of hydrogen-bond donors (Lipinski definition) is 3. The number of carbonyl (C=O) groups is 1. The Morgan fingerprint density at radius 1 is 1.15 bits per heavy atom. The lowest BCUT2D eigenvalue weighted by Gasteiger charge is -2.51. The minimum absolute atomic E-state index is 0.0260. The van der Waals surface area contributed by atoms with E-state index in [4.69, 9.17) is 0 Å². The number of nitrogens with one attached hydrogen (secondary N) is 1. The van der Waals surface area contributed by atoms with Gasteiger partial charge in [-0.15, -0.1) is 0 Å². The van der Waals surface area contributed by atoms with Crippen LogP contribution in [0, 0.1) is 5.41 Å². The first kappa shape index (κ1) is 17.9. The standard InChI is InChI=1S/C20H29N3O3/c24-15-19(13-21-14-19)18(25)23-11-8-20(26,16-6-2-1-3-7-16)17(12-23)22-9-4-5-10-22/h1-3,6-7,17,21,24,26H,4-5,8-15H2/t17-,20+/m1/s1. The zero-order valence-corrected chi connectivity index (χ0v) is 15.2. The van der Waals surface area contributed by atoms with Gasteiger partial charge < -0.3 is 20.4 Å². The number of nitrogens with zero attached hydrogens (tertiary/aromatic N) is 2. The van der Waals surface area contributed by atoms with Crippen LogP contribution >= 0.6 is 0 Å². The molecular weight excluding hydrogens is 330 g/mol. The number of aliphatic hydroxyl groups is 2. The zero-order valence-electron chi connectivity index (χ0n) is 15.2. The number of rotatable bonds is 4. The van der Waals surface area contributed by atoms with E-state index in [0.717, 1.165) is 31.5 Å². The van der Waals surface area contributed by atoms with Gasteiger partial charge in [-0.1, -0.05) is 30.3 Å². The summed E-state index contributed by atoms with van der Waals surface area (Å²) in [6, 6.07) is 9.77. The van der Waals surface area contributed by atoms with E-state index >= 15 is 0 Å². The van der Waals surface area contributed by atoms with Crippen molar-refractivity contribution in [3.63, 3.8) is 0 Å². The molecule has 0 unspecified atom stereocenters. The van der Waals surface area contributed by atoms with E-state index in [1.807, 2.05) is 35.2 Å². The summed E-state index contributed by atoms with van der Waals surface area (Å²) < 4.78 is 0. The van der Waals surface area contributed by atoms with Gasteiger partial charge in [-0.2, -0.15) is 0 Å². The molecule has 0 aromatic heterocycles. The maximum absolute atomic E-state index is 13.1. The molecule has 6 nitrogen and oxygen atoms in total. The monoisotopic (exact) mass is 359 g/mol. The van der Waals surface area contributed by atoms with Gasteiger partial charge in [0.15, 0.2) is 0 Å². The van der Waals surface area contributed by atoms with Crippen LogP contribution in [0.25, 0.3) is 0 Å². The van der Waals surface area contributed by atoms with Crippen molar-refractivity contribution >= 4 is 5.91 Å². The molecule has 0 saturated carbocycles. The highest BCUT2D eigenvalue weighted by atomic mass is 16.3. The third kappa shape index (κ3) is 2.85. The molecule has 2 atom stereocenters. The fourth-order valence-corrected chi connectivity index (χ4v) is 4.73. The minimum Gasteiger partial charge on any atom is -0.395 e. The summed E-state index contributed by atoms with van der Waals surface area (Å²) in [6.07, 6.45) is 2.80. The molecule has 26 heavy (non-hydrogen) atoms. The van der Waals surface area contributed by atoms with Gasteiger partial charge >= 0.3 is 0 Å². The van der Waals surface area contributed by atoms with Crippen molar-refractivity contribution in [1.82, 2.24) is 15.1 Å². The molecule has 0 aliphatic carbocycles. The third-order valence-electron chi connectivity index (χ3n) is 6.53. The smallest absolute Gasteiger partial charge is 0.233 e. The highest BCUT2D eigenvalue weighted by Gasteiger charge is 2.51. The average Bonchev–Trinajstić information content (AvgIpc) is 3.16. The maximum atomic E-state index is 13.1. The molecule has 3 heterocycles. The van der Waals surface area contributed by atoms with Gasteiger partial charge in [0.2, 0.25) is 5.91 Å². The lowest BCUT2D eigenvalue weighted by Crippen LogP contribution is -2.68. The molecular formula is C20H29N3O3. The van der Waals surface area contributed by atoms with Crippen molar-refractivity contribution in [1.29, 1.82) is 0 Å². The summed E-state index contributed by atoms with van der Waals surface area (Å²) in [5, 5.41) is 24.5. The van der Waals surface area contributed by atoms with Crippen molar-refractivity contribution in [3.8, 4) is 0 Å². The van der Waals surface area contributed by atoms with Crippen LogP contribution < -0.4 is 5.32 Å². The number of amides is 1. The van der Waals surface area contributed by atoms with Gasteiger partial charge in [-0.3, -0.25) is 9.69 Å². The summed E-state index contributed by atoms with van der Waals surface area (Å²) in [4.78, 5) is 17.3. The SMILES string of the molecule is O=C(N1CC[C@](O)(c2ccccc2)[C@H](N2CCCC2)C1)C1(CO)CNC1. The van der Waals surface area contributed by atoms with Gasteiger partial charge in [0.25, 0.3) is 0 Å². The molecule has 3 aliphatic rings. The Bertz CT molecular complexity index is 637. The lowest BCUT2D eigenvalue weighted by molar-refractivity contribution is -0.158. The van der Waals surface area contributed by atoms with E-state index < -0.39 is 11.0 Å². The first-order valence-corrected chi connectivity index (χ1v) is 9.72. The Kier molecular flexibility index (Phi) is 4.77. The first-order chi connectivity index (χ1) is 12.6. The normalized spacial score (nSPS) is 31.6. The van der Waals surface area contributed by atoms with Crippen LogP contribution in [0.4, 0.5) is 0 Å². The highest BCUT2D eigenvalue weighted by molar-refractivity contribution is 5.84. The molecule has 6 heteroatoms. The zero-order chi connectivity index (χ0) is 18.2. The highest BCUT2D eigenvalue weighted by Crippen LogP contribution is 2.38. The van der Waals surface area contributed by atoms with E-state index in [1.54, 1.807) is 0 Å². The molecule has 0 bridgehead atoms. The van der Waals surface area contributed by atoms with Crippen LogP contribution in [-0.2, 0) is 10.4 Å². The number of benzene rings is 1. The van der Waals surface area contributed by atoms with Gasteiger partial charge in [-0.25, -0.2) is 0 Å². The lowest BCUT2D eigenvalue weighted by atomic mass is 9.77. The number of carbonyl (C=O) groups excluding carboxylic acids is 1. The number of aliphatic hydroxyl groups excluding tert-OH is 1. The number of piperidine rings is 1. The predicted molar refractivity (Wildman–Crippen MR) is 98.5 cm³/mol. The summed E-state index contributed by atoms with van der Waals surface area (Å²) >= 11 is 0. The molecule has 0 radical (unpaired) electrons. The van der Waals surface area contributed by atoms with Crippen molar-refractivity contribution in [2.75, 3.05) is 45.9 Å². The van der Waals surface area contributed by atoms with Crippen molar-refractivity contribution < 1.29 is 15.0 Å². The van der Waals surface area contributed by atoms with Crippen LogP contribution in [0.15, 0.2) is 30.3 Å². The molecule has 142 valence electrons. The minimum atomic E-state index is -0.938. The van der Waals surface area contributed by atoms with Crippen LogP contribution in [-0.4, -0.2) is 77.8 Å². The second-order valence-electron chi connectivity index (χ2n) is 8.09. The van der Waals surface area contributed by atoms with E-state index in [0.29, 0.717) is 32.6 Å². The van der Waals surface area contributed by atoms with Crippen LogP contribution in [0.5, 0.6) is 0 Å². The molecule has 3 aliphatic heterocycles. The average molecular weight is 359 g/mol. The Balaban J connectivity index is 1.60. The molecule has 3 N–H and O–H groups in total. The summed E-state index contributed by atoms with van der Waals surface area (Å²) in [5.74, 6) is 0.0260. The van der Waals surface area contributed by atoms with E-state index in [-0.39, 0.29) is 18.6 Å². The molecule has 1 amide bonds. The molecule has 0 spiro atoms.